The first-order valence-electron chi connectivity index (χ1n) is 6.13. The van der Waals surface area contributed by atoms with Crippen LogP contribution in [0.15, 0.2) is 0 Å². The molecule has 1 saturated heterocycles. The maximum Gasteiger partial charge on any atom is 0.160 e. The van der Waals surface area contributed by atoms with Crippen LogP contribution in [0.3, 0.4) is 0 Å². The molecule has 17 heavy (non-hydrogen) atoms. The van der Waals surface area contributed by atoms with E-state index in [2.05, 4.69) is 0 Å². The number of unbranched alkanes of at least 4 members (excludes halogenated alkanes) is 2. The molecule has 0 aromatic rings. The molecule has 0 aromatic heterocycles. The molecular weight excluding hydrogens is 226 g/mol. The first-order valence-corrected chi connectivity index (χ1v) is 6.13. The topological polar surface area (TPSA) is 105 Å². The quantitative estimate of drug-likeness (QED) is 0.430. The molecule has 1 unspecified atom stereocenters. The summed E-state index contributed by atoms with van der Waals surface area (Å²) in [6.45, 7) is 0.883. The van der Waals surface area contributed by atoms with E-state index in [4.69, 9.17) is 20.3 Å². The first kappa shape index (κ1) is 14.8. The van der Waals surface area contributed by atoms with E-state index in [1.165, 1.54) is 0 Å². The lowest BCUT2D eigenvalue weighted by atomic mass is 10.0. The standard InChI is InChI=1S/C11H23NO5/c12-4-2-1-3-5-16-10-6-8(14)11(15)9(7-13)17-10/h8-11,13-15H,1-7,12H2/t8-,9?,10-,11-/m1/s1. The molecule has 0 bridgehead atoms. The van der Waals surface area contributed by atoms with Crippen LogP contribution in [0, 0.1) is 0 Å². The average Bonchev–Trinajstić information content (AvgIpc) is 2.33. The molecule has 1 rings (SSSR count). The van der Waals surface area contributed by atoms with Crippen LogP contribution in [0.5, 0.6) is 0 Å². The molecule has 4 atom stereocenters. The molecule has 102 valence electrons. The van der Waals surface area contributed by atoms with Crippen molar-refractivity contribution in [1.29, 1.82) is 0 Å². The highest BCUT2D eigenvalue weighted by atomic mass is 16.7. The number of aliphatic hydroxyl groups is 3. The minimum absolute atomic E-state index is 0.231. The summed E-state index contributed by atoms with van der Waals surface area (Å²) in [4.78, 5) is 0. The van der Waals surface area contributed by atoms with Crippen molar-refractivity contribution in [3.05, 3.63) is 0 Å². The van der Waals surface area contributed by atoms with Crippen molar-refractivity contribution in [3.63, 3.8) is 0 Å². The molecule has 1 fully saturated rings. The Balaban J connectivity index is 2.20. The number of ether oxygens (including phenoxy) is 2. The van der Waals surface area contributed by atoms with Gasteiger partial charge in [-0.25, -0.2) is 0 Å². The third kappa shape index (κ3) is 4.87. The van der Waals surface area contributed by atoms with Gasteiger partial charge in [0, 0.05) is 13.0 Å². The van der Waals surface area contributed by atoms with Crippen LogP contribution in [0.25, 0.3) is 0 Å². The predicted molar refractivity (Wildman–Crippen MR) is 61.2 cm³/mol. The van der Waals surface area contributed by atoms with Gasteiger partial charge in [-0.1, -0.05) is 0 Å². The monoisotopic (exact) mass is 249 g/mol. The summed E-state index contributed by atoms with van der Waals surface area (Å²) in [5.74, 6) is 0. The van der Waals surface area contributed by atoms with Gasteiger partial charge in [0.1, 0.15) is 12.2 Å². The molecular formula is C11H23NO5. The van der Waals surface area contributed by atoms with E-state index in [1.807, 2.05) is 0 Å². The van der Waals surface area contributed by atoms with Gasteiger partial charge in [-0.15, -0.1) is 0 Å². The van der Waals surface area contributed by atoms with Crippen LogP contribution in [0.2, 0.25) is 0 Å². The number of hydrogen-bond acceptors (Lipinski definition) is 6. The number of nitrogens with two attached hydrogens (primary N) is 1. The fourth-order valence-corrected chi connectivity index (χ4v) is 1.81. The van der Waals surface area contributed by atoms with Crippen molar-refractivity contribution in [2.45, 2.75) is 50.3 Å². The van der Waals surface area contributed by atoms with Gasteiger partial charge in [0.15, 0.2) is 6.29 Å². The van der Waals surface area contributed by atoms with Gasteiger partial charge in [-0.2, -0.15) is 0 Å². The van der Waals surface area contributed by atoms with Gasteiger partial charge >= 0.3 is 0 Å². The van der Waals surface area contributed by atoms with Gasteiger partial charge in [0.2, 0.25) is 0 Å². The Morgan fingerprint density at radius 3 is 2.65 bits per heavy atom. The number of aliphatic hydroxyl groups excluding tert-OH is 3. The Kier molecular flexibility index (Phi) is 6.94. The van der Waals surface area contributed by atoms with Crippen LogP contribution in [0.1, 0.15) is 25.7 Å². The molecule has 0 amide bonds. The molecule has 0 aliphatic carbocycles. The summed E-state index contributed by atoms with van der Waals surface area (Å²) in [6, 6.07) is 0. The van der Waals surface area contributed by atoms with Gasteiger partial charge in [-0.05, 0) is 25.8 Å². The summed E-state index contributed by atoms with van der Waals surface area (Å²) >= 11 is 0. The van der Waals surface area contributed by atoms with Gasteiger partial charge in [-0.3, -0.25) is 0 Å². The zero-order valence-electron chi connectivity index (χ0n) is 9.99. The van der Waals surface area contributed by atoms with Gasteiger partial charge in [0.25, 0.3) is 0 Å². The lowest BCUT2D eigenvalue weighted by Gasteiger charge is -2.36. The van der Waals surface area contributed by atoms with Crippen molar-refractivity contribution < 1.29 is 24.8 Å². The summed E-state index contributed by atoms with van der Waals surface area (Å²) in [5, 5.41) is 28.0. The highest BCUT2D eigenvalue weighted by molar-refractivity contribution is 4.82. The van der Waals surface area contributed by atoms with Crippen molar-refractivity contribution in [2.75, 3.05) is 19.8 Å². The molecule has 1 aliphatic rings. The summed E-state index contributed by atoms with van der Waals surface area (Å²) in [5.41, 5.74) is 5.37. The maximum atomic E-state index is 9.55. The van der Waals surface area contributed by atoms with E-state index < -0.39 is 24.6 Å². The third-order valence-electron chi connectivity index (χ3n) is 2.87. The normalized spacial score (nSPS) is 33.9. The molecule has 1 heterocycles. The van der Waals surface area contributed by atoms with Crippen LogP contribution in [0.4, 0.5) is 0 Å². The van der Waals surface area contributed by atoms with Crippen LogP contribution in [-0.2, 0) is 9.47 Å². The predicted octanol–water partition coefficient (Wildman–Crippen LogP) is -1.04. The Morgan fingerprint density at radius 1 is 1.24 bits per heavy atom. The maximum absolute atomic E-state index is 9.55. The van der Waals surface area contributed by atoms with Crippen molar-refractivity contribution in [1.82, 2.24) is 0 Å². The van der Waals surface area contributed by atoms with Crippen molar-refractivity contribution >= 4 is 0 Å². The van der Waals surface area contributed by atoms with Crippen LogP contribution in [-0.4, -0.2) is 59.7 Å². The third-order valence-corrected chi connectivity index (χ3v) is 2.87. The molecule has 0 saturated carbocycles. The van der Waals surface area contributed by atoms with Crippen molar-refractivity contribution in [3.8, 4) is 0 Å². The summed E-state index contributed by atoms with van der Waals surface area (Å²) in [6.07, 6.45) is -0.190. The highest BCUT2D eigenvalue weighted by Gasteiger charge is 2.36. The minimum Gasteiger partial charge on any atom is -0.394 e. The average molecular weight is 249 g/mol. The van der Waals surface area contributed by atoms with E-state index in [0.29, 0.717) is 13.2 Å². The molecule has 0 radical (unpaired) electrons. The second-order valence-corrected chi connectivity index (χ2v) is 4.30. The highest BCUT2D eigenvalue weighted by Crippen LogP contribution is 2.21. The second-order valence-electron chi connectivity index (χ2n) is 4.30. The zero-order valence-corrected chi connectivity index (χ0v) is 9.99. The number of hydrogen-bond donors (Lipinski definition) is 4. The molecule has 0 aromatic carbocycles. The van der Waals surface area contributed by atoms with Crippen LogP contribution >= 0.6 is 0 Å². The first-order chi connectivity index (χ1) is 8.19. The lowest BCUT2D eigenvalue weighted by molar-refractivity contribution is -0.256. The van der Waals surface area contributed by atoms with Gasteiger partial charge in [0.05, 0.1) is 12.7 Å². The Labute approximate surface area is 101 Å². The van der Waals surface area contributed by atoms with E-state index >= 15 is 0 Å². The Hall–Kier alpha value is -0.240. The fraction of sp³-hybridized carbons (Fsp3) is 1.00. The Bertz CT molecular complexity index is 204. The van der Waals surface area contributed by atoms with Crippen molar-refractivity contribution in [2.24, 2.45) is 5.73 Å². The smallest absolute Gasteiger partial charge is 0.160 e. The molecule has 6 nitrogen and oxygen atoms in total. The lowest BCUT2D eigenvalue weighted by Crippen LogP contribution is -2.50. The fourth-order valence-electron chi connectivity index (χ4n) is 1.81. The minimum atomic E-state index is -1.04. The second kappa shape index (κ2) is 7.97. The molecule has 1 aliphatic heterocycles. The van der Waals surface area contributed by atoms with Crippen LogP contribution < -0.4 is 5.73 Å². The summed E-state index contributed by atoms with van der Waals surface area (Å²) < 4.78 is 10.8. The Morgan fingerprint density at radius 2 is 2.00 bits per heavy atom. The zero-order chi connectivity index (χ0) is 12.7. The van der Waals surface area contributed by atoms with E-state index in [9.17, 15) is 10.2 Å². The largest absolute Gasteiger partial charge is 0.394 e. The van der Waals surface area contributed by atoms with E-state index in [-0.39, 0.29) is 13.0 Å². The van der Waals surface area contributed by atoms with Gasteiger partial charge < -0.3 is 30.5 Å². The molecule has 0 spiro atoms. The molecule has 5 N–H and O–H groups in total. The molecule has 6 heteroatoms. The SMILES string of the molecule is NCCCCCO[C@H]1C[C@@H](O)[C@@H](O)C(CO)O1. The van der Waals surface area contributed by atoms with E-state index in [1.54, 1.807) is 0 Å². The summed E-state index contributed by atoms with van der Waals surface area (Å²) in [7, 11) is 0. The number of rotatable bonds is 7. The van der Waals surface area contributed by atoms with E-state index in [0.717, 1.165) is 19.3 Å².